The third kappa shape index (κ3) is 5.95. The standard InChI is InChI=1S/C20H25FN2O4S/c1-15(20(24)22-14-4-5-16-6-8-17(21)9-7-16)23(28(3,25)26)18-10-12-19(27-2)13-11-18/h6-13,15H,4-5,14H2,1-3H3,(H,22,24). The summed E-state index contributed by atoms with van der Waals surface area (Å²) in [6.07, 6.45) is 2.41. The highest BCUT2D eigenvalue weighted by atomic mass is 32.2. The molecule has 2 aromatic carbocycles. The molecule has 1 N–H and O–H groups in total. The molecule has 0 radical (unpaired) electrons. The Morgan fingerprint density at radius 2 is 1.75 bits per heavy atom. The average Bonchev–Trinajstić information content (AvgIpc) is 2.66. The molecule has 0 aliphatic rings. The summed E-state index contributed by atoms with van der Waals surface area (Å²) in [5.41, 5.74) is 1.36. The second-order valence-electron chi connectivity index (χ2n) is 6.45. The van der Waals surface area contributed by atoms with Crippen molar-refractivity contribution in [3.05, 3.63) is 59.9 Å². The van der Waals surface area contributed by atoms with E-state index in [1.54, 1.807) is 43.3 Å². The molecule has 1 amide bonds. The Kier molecular flexibility index (Phi) is 7.39. The van der Waals surface area contributed by atoms with Crippen LogP contribution in [0.3, 0.4) is 0 Å². The van der Waals surface area contributed by atoms with E-state index in [2.05, 4.69) is 5.32 Å². The summed E-state index contributed by atoms with van der Waals surface area (Å²) in [4.78, 5) is 12.5. The van der Waals surface area contributed by atoms with Gasteiger partial charge in [-0.25, -0.2) is 12.8 Å². The minimum Gasteiger partial charge on any atom is -0.497 e. The SMILES string of the molecule is COc1ccc(N(C(C)C(=O)NCCCc2ccc(F)cc2)S(C)(=O)=O)cc1. The van der Waals surface area contributed by atoms with Gasteiger partial charge < -0.3 is 10.1 Å². The van der Waals surface area contributed by atoms with E-state index in [1.807, 2.05) is 0 Å². The van der Waals surface area contributed by atoms with Gasteiger partial charge in [0.05, 0.1) is 19.1 Å². The second-order valence-corrected chi connectivity index (χ2v) is 8.31. The first-order valence-corrected chi connectivity index (χ1v) is 10.7. The Hall–Kier alpha value is -2.61. The molecule has 0 spiro atoms. The van der Waals surface area contributed by atoms with E-state index in [0.29, 0.717) is 30.8 Å². The Morgan fingerprint density at radius 3 is 2.29 bits per heavy atom. The van der Waals surface area contributed by atoms with Crippen molar-refractivity contribution in [2.24, 2.45) is 0 Å². The molecule has 0 bridgehead atoms. The van der Waals surface area contributed by atoms with Crippen molar-refractivity contribution < 1.29 is 22.3 Å². The predicted octanol–water partition coefficient (Wildman–Crippen LogP) is 2.74. The van der Waals surface area contributed by atoms with E-state index in [1.165, 1.54) is 19.2 Å². The van der Waals surface area contributed by atoms with Gasteiger partial charge in [-0.15, -0.1) is 0 Å². The highest BCUT2D eigenvalue weighted by Crippen LogP contribution is 2.23. The zero-order valence-corrected chi connectivity index (χ0v) is 17.0. The van der Waals surface area contributed by atoms with E-state index in [4.69, 9.17) is 4.74 Å². The van der Waals surface area contributed by atoms with Crippen LogP contribution in [-0.4, -0.2) is 40.3 Å². The van der Waals surface area contributed by atoms with Gasteiger partial charge in [0.15, 0.2) is 0 Å². The first-order chi connectivity index (χ1) is 13.2. The number of carbonyl (C=O) groups excluding carboxylic acids is 1. The zero-order valence-electron chi connectivity index (χ0n) is 16.2. The van der Waals surface area contributed by atoms with Crippen molar-refractivity contribution in [1.29, 1.82) is 0 Å². The fraction of sp³-hybridized carbons (Fsp3) is 0.350. The van der Waals surface area contributed by atoms with Crippen LogP contribution in [0.25, 0.3) is 0 Å². The fourth-order valence-corrected chi connectivity index (χ4v) is 4.02. The largest absolute Gasteiger partial charge is 0.497 e. The maximum atomic E-state index is 12.9. The molecule has 2 rings (SSSR count). The summed E-state index contributed by atoms with van der Waals surface area (Å²) in [5.74, 6) is -0.0827. The average molecular weight is 408 g/mol. The van der Waals surface area contributed by atoms with Crippen molar-refractivity contribution in [1.82, 2.24) is 5.32 Å². The van der Waals surface area contributed by atoms with Crippen LogP contribution in [0.15, 0.2) is 48.5 Å². The summed E-state index contributed by atoms with van der Waals surface area (Å²) < 4.78 is 43.6. The lowest BCUT2D eigenvalue weighted by Crippen LogP contribution is -2.48. The number of carbonyl (C=O) groups is 1. The summed E-state index contributed by atoms with van der Waals surface area (Å²) >= 11 is 0. The third-order valence-electron chi connectivity index (χ3n) is 4.27. The zero-order chi connectivity index (χ0) is 20.7. The molecule has 2 aromatic rings. The Bertz CT molecular complexity index is 883. The molecular formula is C20H25FN2O4S. The number of nitrogens with zero attached hydrogens (tertiary/aromatic N) is 1. The molecule has 0 fully saturated rings. The van der Waals surface area contributed by atoms with Crippen LogP contribution in [-0.2, 0) is 21.2 Å². The quantitative estimate of drug-likeness (QED) is 0.648. The number of halogens is 1. The van der Waals surface area contributed by atoms with Gasteiger partial charge in [-0.3, -0.25) is 9.10 Å². The lowest BCUT2D eigenvalue weighted by atomic mass is 10.1. The Labute approximate surface area is 165 Å². The Morgan fingerprint density at radius 1 is 1.14 bits per heavy atom. The highest BCUT2D eigenvalue weighted by Gasteiger charge is 2.28. The number of nitrogens with one attached hydrogen (secondary N) is 1. The normalized spacial score (nSPS) is 12.3. The molecule has 6 nitrogen and oxygen atoms in total. The van der Waals surface area contributed by atoms with Gasteiger partial charge in [-0.2, -0.15) is 0 Å². The molecule has 0 heterocycles. The van der Waals surface area contributed by atoms with Crippen molar-refractivity contribution >= 4 is 21.6 Å². The van der Waals surface area contributed by atoms with E-state index >= 15 is 0 Å². The minimum absolute atomic E-state index is 0.287. The van der Waals surface area contributed by atoms with E-state index in [-0.39, 0.29) is 11.7 Å². The van der Waals surface area contributed by atoms with Gasteiger partial charge in [0.25, 0.3) is 0 Å². The number of ether oxygens (including phenoxy) is 1. The monoisotopic (exact) mass is 408 g/mol. The number of rotatable bonds is 9. The molecule has 0 saturated carbocycles. The number of methoxy groups -OCH3 is 1. The summed E-state index contributed by atoms with van der Waals surface area (Å²) in [6, 6.07) is 11.8. The first kappa shape index (κ1) is 21.7. The van der Waals surface area contributed by atoms with Crippen molar-refractivity contribution in [3.63, 3.8) is 0 Å². The third-order valence-corrected chi connectivity index (χ3v) is 5.51. The summed E-state index contributed by atoms with van der Waals surface area (Å²) in [6.45, 7) is 1.93. The number of hydrogen-bond donors (Lipinski definition) is 1. The molecule has 152 valence electrons. The number of benzene rings is 2. The first-order valence-electron chi connectivity index (χ1n) is 8.88. The molecule has 0 aliphatic heterocycles. The van der Waals surface area contributed by atoms with Gasteiger partial charge in [0.1, 0.15) is 17.6 Å². The Balaban J connectivity index is 1.97. The number of sulfonamides is 1. The van der Waals surface area contributed by atoms with Crippen LogP contribution in [0.1, 0.15) is 18.9 Å². The van der Waals surface area contributed by atoms with Crippen LogP contribution in [0, 0.1) is 5.82 Å². The van der Waals surface area contributed by atoms with Crippen LogP contribution < -0.4 is 14.4 Å². The summed E-state index contributed by atoms with van der Waals surface area (Å²) in [7, 11) is -2.14. The number of anilines is 1. The molecule has 0 aliphatic carbocycles. The van der Waals surface area contributed by atoms with Crippen LogP contribution in [0.2, 0.25) is 0 Å². The van der Waals surface area contributed by atoms with Gasteiger partial charge in [0, 0.05) is 6.54 Å². The number of amides is 1. The lowest BCUT2D eigenvalue weighted by molar-refractivity contribution is -0.121. The van der Waals surface area contributed by atoms with Gasteiger partial charge in [-0.05, 0) is 61.7 Å². The minimum atomic E-state index is -3.66. The fourth-order valence-electron chi connectivity index (χ4n) is 2.84. The maximum absolute atomic E-state index is 12.9. The molecule has 1 atom stereocenters. The van der Waals surface area contributed by atoms with Crippen LogP contribution >= 0.6 is 0 Å². The van der Waals surface area contributed by atoms with Crippen LogP contribution in [0.4, 0.5) is 10.1 Å². The topological polar surface area (TPSA) is 75.7 Å². The van der Waals surface area contributed by atoms with Crippen molar-refractivity contribution in [3.8, 4) is 5.75 Å². The number of hydrogen-bond acceptors (Lipinski definition) is 4. The molecule has 0 aromatic heterocycles. The summed E-state index contributed by atoms with van der Waals surface area (Å²) in [5, 5.41) is 2.77. The smallest absolute Gasteiger partial charge is 0.243 e. The van der Waals surface area contributed by atoms with E-state index in [0.717, 1.165) is 16.1 Å². The highest BCUT2D eigenvalue weighted by molar-refractivity contribution is 7.92. The second kappa shape index (κ2) is 9.54. The molecule has 28 heavy (non-hydrogen) atoms. The molecular weight excluding hydrogens is 383 g/mol. The maximum Gasteiger partial charge on any atom is 0.243 e. The van der Waals surface area contributed by atoms with Gasteiger partial charge in [-0.1, -0.05) is 12.1 Å². The predicted molar refractivity (Wildman–Crippen MR) is 108 cm³/mol. The number of aryl methyl sites for hydroxylation is 1. The van der Waals surface area contributed by atoms with E-state index < -0.39 is 16.1 Å². The van der Waals surface area contributed by atoms with Gasteiger partial charge in [0.2, 0.25) is 15.9 Å². The molecule has 1 unspecified atom stereocenters. The van der Waals surface area contributed by atoms with Crippen molar-refractivity contribution in [2.75, 3.05) is 24.2 Å². The van der Waals surface area contributed by atoms with Crippen molar-refractivity contribution in [2.45, 2.75) is 25.8 Å². The molecule has 0 saturated heterocycles. The van der Waals surface area contributed by atoms with E-state index in [9.17, 15) is 17.6 Å². The van der Waals surface area contributed by atoms with Gasteiger partial charge >= 0.3 is 0 Å². The van der Waals surface area contributed by atoms with Crippen LogP contribution in [0.5, 0.6) is 5.75 Å². The lowest BCUT2D eigenvalue weighted by Gasteiger charge is -2.28. The molecule has 8 heteroatoms.